The molecule has 20 heavy (non-hydrogen) atoms. The molecule has 0 saturated carbocycles. The van der Waals surface area contributed by atoms with E-state index in [4.69, 9.17) is 23.2 Å². The Morgan fingerprint density at radius 1 is 1.15 bits per heavy atom. The first-order valence-corrected chi connectivity index (χ1v) is 8.19. The molecule has 0 N–H and O–H groups in total. The molecular weight excluding hydrogens is 323 g/mol. The molecule has 8 heteroatoms. The Labute approximate surface area is 128 Å². The average Bonchev–Trinajstić information content (AvgIpc) is 2.39. The number of carbonyl (C=O) groups excluding carboxylic acids is 1. The highest BCUT2D eigenvalue weighted by molar-refractivity contribution is 7.89. The maximum absolute atomic E-state index is 12.6. The van der Waals surface area contributed by atoms with Gasteiger partial charge in [-0.25, -0.2) is 8.42 Å². The van der Waals surface area contributed by atoms with E-state index >= 15 is 0 Å². The van der Waals surface area contributed by atoms with E-state index < -0.39 is 10.0 Å². The Bertz CT molecular complexity index is 626. The Kier molecular flexibility index (Phi) is 4.71. The van der Waals surface area contributed by atoms with E-state index in [1.165, 1.54) is 16.4 Å². The molecule has 0 radical (unpaired) electrons. The first-order valence-electron chi connectivity index (χ1n) is 6.00. The van der Waals surface area contributed by atoms with Crippen molar-refractivity contribution in [2.24, 2.45) is 0 Å². The van der Waals surface area contributed by atoms with E-state index in [0.717, 1.165) is 0 Å². The van der Waals surface area contributed by atoms with Gasteiger partial charge in [-0.3, -0.25) is 4.79 Å². The van der Waals surface area contributed by atoms with Gasteiger partial charge in [-0.1, -0.05) is 23.2 Å². The minimum Gasteiger partial charge on any atom is -0.304 e. The molecule has 1 heterocycles. The molecule has 0 amide bonds. The van der Waals surface area contributed by atoms with Crippen LogP contribution in [0.4, 0.5) is 0 Å². The molecule has 0 bridgehead atoms. The summed E-state index contributed by atoms with van der Waals surface area (Å²) in [5.41, 5.74) is 0.00327. The standard InChI is InChI=1S/C12H14Cl2N2O3S/c1-15-4-6-16(7-5-15)20(18,19)11-3-2-10(13)9(8-17)12(11)14/h2-3,8H,4-7H2,1H3. The van der Waals surface area contributed by atoms with Gasteiger partial charge < -0.3 is 4.90 Å². The van der Waals surface area contributed by atoms with Crippen molar-refractivity contribution in [3.63, 3.8) is 0 Å². The summed E-state index contributed by atoms with van der Waals surface area (Å²) in [4.78, 5) is 12.9. The smallest absolute Gasteiger partial charge is 0.244 e. The van der Waals surface area contributed by atoms with Gasteiger partial charge in [0.05, 0.1) is 15.6 Å². The summed E-state index contributed by atoms with van der Waals surface area (Å²) in [6.07, 6.45) is 0.466. The van der Waals surface area contributed by atoms with Gasteiger partial charge >= 0.3 is 0 Å². The van der Waals surface area contributed by atoms with Crippen molar-refractivity contribution in [2.75, 3.05) is 33.2 Å². The van der Waals surface area contributed by atoms with Crippen LogP contribution in [0.1, 0.15) is 10.4 Å². The van der Waals surface area contributed by atoms with Gasteiger partial charge in [0.15, 0.2) is 6.29 Å². The highest BCUT2D eigenvalue weighted by Gasteiger charge is 2.30. The van der Waals surface area contributed by atoms with Crippen molar-refractivity contribution in [3.8, 4) is 0 Å². The molecular formula is C12H14Cl2N2O3S. The highest BCUT2D eigenvalue weighted by atomic mass is 35.5. The van der Waals surface area contributed by atoms with Gasteiger partial charge in [-0.05, 0) is 19.2 Å². The van der Waals surface area contributed by atoms with E-state index in [2.05, 4.69) is 0 Å². The van der Waals surface area contributed by atoms with Gasteiger partial charge in [-0.2, -0.15) is 4.31 Å². The van der Waals surface area contributed by atoms with Crippen LogP contribution in [0, 0.1) is 0 Å². The predicted molar refractivity (Wildman–Crippen MR) is 78.1 cm³/mol. The molecule has 110 valence electrons. The van der Waals surface area contributed by atoms with E-state index in [9.17, 15) is 13.2 Å². The molecule has 1 fully saturated rings. The van der Waals surface area contributed by atoms with Crippen LogP contribution >= 0.6 is 23.2 Å². The van der Waals surface area contributed by atoms with E-state index in [0.29, 0.717) is 32.5 Å². The monoisotopic (exact) mass is 336 g/mol. The lowest BCUT2D eigenvalue weighted by molar-refractivity contribution is 0.112. The summed E-state index contributed by atoms with van der Waals surface area (Å²) in [7, 11) is -1.77. The van der Waals surface area contributed by atoms with Crippen LogP contribution in [0.5, 0.6) is 0 Å². The van der Waals surface area contributed by atoms with E-state index in [1.807, 2.05) is 11.9 Å². The minimum absolute atomic E-state index is 0.00327. The zero-order valence-corrected chi connectivity index (χ0v) is 13.2. The van der Waals surface area contributed by atoms with Gasteiger partial charge in [-0.15, -0.1) is 0 Å². The second-order valence-electron chi connectivity index (χ2n) is 4.60. The maximum Gasteiger partial charge on any atom is 0.244 e. The van der Waals surface area contributed by atoms with Crippen molar-refractivity contribution in [3.05, 3.63) is 27.7 Å². The van der Waals surface area contributed by atoms with Crippen molar-refractivity contribution < 1.29 is 13.2 Å². The lowest BCUT2D eigenvalue weighted by Gasteiger charge is -2.31. The first-order chi connectivity index (χ1) is 9.37. The number of nitrogens with zero attached hydrogens (tertiary/aromatic N) is 2. The topological polar surface area (TPSA) is 57.7 Å². The predicted octanol–water partition coefficient (Wildman–Crippen LogP) is 1.74. The molecule has 5 nitrogen and oxygen atoms in total. The van der Waals surface area contributed by atoms with Crippen molar-refractivity contribution >= 4 is 39.5 Å². The quantitative estimate of drug-likeness (QED) is 0.789. The fourth-order valence-electron chi connectivity index (χ4n) is 2.02. The number of likely N-dealkylation sites (N-methyl/N-ethyl adjacent to an activating group) is 1. The molecule has 0 atom stereocenters. The van der Waals surface area contributed by atoms with Crippen LogP contribution in [0.2, 0.25) is 10.0 Å². The number of rotatable bonds is 3. The van der Waals surface area contributed by atoms with Crippen LogP contribution in [0.15, 0.2) is 17.0 Å². The Hall–Kier alpha value is -0.660. The minimum atomic E-state index is -3.71. The third kappa shape index (κ3) is 2.84. The van der Waals surface area contributed by atoms with E-state index in [-0.39, 0.29) is 20.5 Å². The molecule has 1 aromatic rings. The number of aldehydes is 1. The van der Waals surface area contributed by atoms with E-state index in [1.54, 1.807) is 0 Å². The lowest BCUT2D eigenvalue weighted by atomic mass is 10.2. The van der Waals surface area contributed by atoms with Crippen molar-refractivity contribution in [1.82, 2.24) is 9.21 Å². The number of benzene rings is 1. The zero-order valence-electron chi connectivity index (χ0n) is 10.8. The molecule has 0 aliphatic carbocycles. The van der Waals surface area contributed by atoms with Gasteiger partial charge in [0, 0.05) is 26.2 Å². The molecule has 1 saturated heterocycles. The molecule has 1 aliphatic rings. The van der Waals surface area contributed by atoms with Crippen LogP contribution in [0.25, 0.3) is 0 Å². The number of halogens is 2. The van der Waals surface area contributed by atoms with Crippen LogP contribution in [-0.4, -0.2) is 57.1 Å². The average molecular weight is 337 g/mol. The summed E-state index contributed by atoms with van der Waals surface area (Å²) in [5.74, 6) is 0. The van der Waals surface area contributed by atoms with Crippen molar-refractivity contribution in [2.45, 2.75) is 4.90 Å². The SMILES string of the molecule is CN1CCN(S(=O)(=O)c2ccc(Cl)c(C=O)c2Cl)CC1. The fourth-order valence-corrected chi connectivity index (χ4v) is 4.28. The summed E-state index contributed by atoms with van der Waals surface area (Å²) in [6.45, 7) is 2.11. The van der Waals surface area contributed by atoms with Crippen molar-refractivity contribution in [1.29, 1.82) is 0 Å². The fraction of sp³-hybridized carbons (Fsp3) is 0.417. The molecule has 0 aromatic heterocycles. The lowest BCUT2D eigenvalue weighted by Crippen LogP contribution is -2.47. The Morgan fingerprint density at radius 2 is 1.75 bits per heavy atom. The third-order valence-electron chi connectivity index (χ3n) is 3.29. The summed E-state index contributed by atoms with van der Waals surface area (Å²) < 4.78 is 26.5. The molecule has 1 aromatic carbocycles. The van der Waals surface area contributed by atoms with Crippen LogP contribution in [-0.2, 0) is 10.0 Å². The summed E-state index contributed by atoms with van der Waals surface area (Å²) in [5, 5.41) is 0.0220. The summed E-state index contributed by atoms with van der Waals surface area (Å²) in [6, 6.07) is 2.71. The van der Waals surface area contributed by atoms with Crippen LogP contribution < -0.4 is 0 Å². The number of piperazine rings is 1. The van der Waals surface area contributed by atoms with Crippen LogP contribution in [0.3, 0.4) is 0 Å². The third-order valence-corrected chi connectivity index (χ3v) is 6.08. The summed E-state index contributed by atoms with van der Waals surface area (Å²) >= 11 is 11.8. The Morgan fingerprint density at radius 3 is 2.30 bits per heavy atom. The number of sulfonamides is 1. The molecule has 0 unspecified atom stereocenters. The second kappa shape index (κ2) is 5.99. The highest BCUT2D eigenvalue weighted by Crippen LogP contribution is 2.31. The molecule has 2 rings (SSSR count). The Balaban J connectivity index is 2.42. The first kappa shape index (κ1) is 15.7. The van der Waals surface area contributed by atoms with Gasteiger partial charge in [0.2, 0.25) is 10.0 Å². The maximum atomic E-state index is 12.6. The number of carbonyl (C=O) groups is 1. The second-order valence-corrected chi connectivity index (χ2v) is 7.29. The zero-order chi connectivity index (χ0) is 14.9. The largest absolute Gasteiger partial charge is 0.304 e. The van der Waals surface area contributed by atoms with Gasteiger partial charge in [0.25, 0.3) is 0 Å². The normalized spacial score (nSPS) is 18.1. The van der Waals surface area contributed by atoms with Gasteiger partial charge in [0.1, 0.15) is 4.90 Å². The molecule has 0 spiro atoms. The number of hydrogen-bond donors (Lipinski definition) is 0. The number of hydrogen-bond acceptors (Lipinski definition) is 4. The molecule has 1 aliphatic heterocycles.